The smallest absolute Gasteiger partial charge is 0.297 e. The molecule has 0 radical (unpaired) electrons. The van der Waals surface area contributed by atoms with E-state index in [2.05, 4.69) is 38.2 Å². The van der Waals surface area contributed by atoms with Crippen molar-refractivity contribution in [2.45, 2.75) is 6.04 Å². The lowest BCUT2D eigenvalue weighted by atomic mass is 9.99. The number of halogens is 1. The molecule has 1 amide bonds. The van der Waals surface area contributed by atoms with Crippen LogP contribution in [0.5, 0.6) is 5.75 Å². The molecule has 172 valence electrons. The molecule has 0 atom stereocenters. The predicted molar refractivity (Wildman–Crippen MR) is 141 cm³/mol. The molecule has 0 unspecified atom stereocenters. The van der Waals surface area contributed by atoms with E-state index >= 15 is 0 Å². The minimum absolute atomic E-state index is 0.0902. The second-order valence-corrected chi connectivity index (χ2v) is 8.68. The molecule has 0 saturated heterocycles. The van der Waals surface area contributed by atoms with Gasteiger partial charge in [-0.3, -0.25) is 14.2 Å². The third-order valence-electron chi connectivity index (χ3n) is 5.33. The van der Waals surface area contributed by atoms with Gasteiger partial charge in [0.1, 0.15) is 0 Å². The predicted octanol–water partition coefficient (Wildman–Crippen LogP) is 4.85. The van der Waals surface area contributed by atoms with Crippen LogP contribution >= 0.6 is 22.6 Å². The van der Waals surface area contributed by atoms with Gasteiger partial charge in [-0.15, -0.1) is 0 Å². The molecule has 0 aliphatic carbocycles. The zero-order valence-corrected chi connectivity index (χ0v) is 20.8. The van der Waals surface area contributed by atoms with Crippen molar-refractivity contribution in [3.05, 3.63) is 116 Å². The number of ether oxygens (including phenoxy) is 1. The Kier molecular flexibility index (Phi) is 7.27. The second kappa shape index (κ2) is 10.5. The average Bonchev–Trinajstić information content (AvgIpc) is 2.87. The summed E-state index contributed by atoms with van der Waals surface area (Å²) in [7, 11) is 2.94. The van der Waals surface area contributed by atoms with Gasteiger partial charge in [-0.25, -0.2) is 4.98 Å². The van der Waals surface area contributed by atoms with Gasteiger partial charge >= 0.3 is 0 Å². The summed E-state index contributed by atoms with van der Waals surface area (Å²) in [6, 6.07) is 26.8. The van der Waals surface area contributed by atoms with Crippen LogP contribution in [0.4, 0.5) is 11.6 Å². The maximum atomic E-state index is 13.2. The number of aromatic nitrogens is 2. The van der Waals surface area contributed by atoms with Crippen LogP contribution in [0.2, 0.25) is 0 Å². The first kappa shape index (κ1) is 23.5. The highest BCUT2D eigenvalue weighted by Crippen LogP contribution is 2.27. The Morgan fingerprint density at radius 3 is 2.06 bits per heavy atom. The van der Waals surface area contributed by atoms with Crippen LogP contribution in [-0.4, -0.2) is 22.6 Å². The fourth-order valence-electron chi connectivity index (χ4n) is 3.57. The van der Waals surface area contributed by atoms with Gasteiger partial charge in [0, 0.05) is 10.6 Å². The number of amides is 1. The lowest BCUT2D eigenvalue weighted by Crippen LogP contribution is -2.29. The van der Waals surface area contributed by atoms with Gasteiger partial charge in [-0.2, -0.15) is 0 Å². The summed E-state index contributed by atoms with van der Waals surface area (Å²) in [6.07, 6.45) is 0. The standard InChI is InChI=1S/C26H23IN4O3/c1-31-25(33)23(34-2)22(24(32)28-20-16-10-9-15-19(20)27)30-26(31)29-21(17-11-5-3-6-12-17)18-13-7-4-8-14-18/h3-16,21H,1-2H3,(H,28,32)(H,29,30). The van der Waals surface area contributed by atoms with Crippen LogP contribution in [0.1, 0.15) is 27.7 Å². The highest BCUT2D eigenvalue weighted by atomic mass is 127. The Hall–Kier alpha value is -3.66. The average molecular weight is 566 g/mol. The van der Waals surface area contributed by atoms with Gasteiger partial charge in [-0.05, 0) is 45.9 Å². The number of carbonyl (C=O) groups is 1. The van der Waals surface area contributed by atoms with Gasteiger partial charge in [-0.1, -0.05) is 72.8 Å². The Morgan fingerprint density at radius 1 is 0.941 bits per heavy atom. The number of nitrogens with zero attached hydrogens (tertiary/aromatic N) is 2. The summed E-state index contributed by atoms with van der Waals surface area (Å²) in [5, 5.41) is 6.18. The van der Waals surface area contributed by atoms with Crippen molar-refractivity contribution >= 4 is 40.1 Å². The van der Waals surface area contributed by atoms with E-state index in [4.69, 9.17) is 4.74 Å². The number of carbonyl (C=O) groups excluding carboxylic acids is 1. The molecule has 0 aliphatic heterocycles. The quantitative estimate of drug-likeness (QED) is 0.313. The minimum atomic E-state index is -0.530. The van der Waals surface area contributed by atoms with Gasteiger partial charge in [0.05, 0.1) is 18.8 Å². The SMILES string of the molecule is COc1c(C(=O)Nc2ccccc2I)nc(NC(c2ccccc2)c2ccccc2)n(C)c1=O. The molecule has 0 bridgehead atoms. The molecule has 0 aliphatic rings. The topological polar surface area (TPSA) is 85.2 Å². The molecule has 3 aromatic carbocycles. The van der Waals surface area contributed by atoms with Gasteiger partial charge < -0.3 is 15.4 Å². The molecule has 4 aromatic rings. The van der Waals surface area contributed by atoms with Crippen molar-refractivity contribution in [2.24, 2.45) is 7.05 Å². The van der Waals surface area contributed by atoms with Gasteiger partial charge in [0.2, 0.25) is 11.7 Å². The number of anilines is 2. The molecule has 0 spiro atoms. The summed E-state index contributed by atoms with van der Waals surface area (Å²) >= 11 is 2.13. The highest BCUT2D eigenvalue weighted by Gasteiger charge is 2.24. The first-order valence-electron chi connectivity index (χ1n) is 10.6. The zero-order chi connectivity index (χ0) is 24.1. The number of hydrogen-bond donors (Lipinski definition) is 2. The summed E-state index contributed by atoms with van der Waals surface area (Å²) < 4.78 is 7.50. The number of hydrogen-bond acceptors (Lipinski definition) is 5. The number of benzene rings is 3. The van der Waals surface area contributed by atoms with Gasteiger partial charge in [0.25, 0.3) is 11.5 Å². The Labute approximate surface area is 211 Å². The summed E-state index contributed by atoms with van der Waals surface area (Å²) in [6.45, 7) is 0. The Bertz CT molecular complexity index is 1320. The largest absolute Gasteiger partial charge is 0.489 e. The molecule has 1 aromatic heterocycles. The number of nitrogens with one attached hydrogen (secondary N) is 2. The molecule has 4 rings (SSSR count). The Balaban J connectivity index is 1.77. The molecule has 2 N–H and O–H groups in total. The van der Waals surface area contributed by atoms with E-state index in [-0.39, 0.29) is 23.4 Å². The Morgan fingerprint density at radius 2 is 1.50 bits per heavy atom. The molecule has 1 heterocycles. The monoisotopic (exact) mass is 566 g/mol. The fourth-order valence-corrected chi connectivity index (χ4v) is 4.09. The zero-order valence-electron chi connectivity index (χ0n) is 18.7. The number of methoxy groups -OCH3 is 1. The van der Waals surface area contributed by atoms with E-state index in [0.717, 1.165) is 14.7 Å². The van der Waals surface area contributed by atoms with Crippen molar-refractivity contribution in [1.29, 1.82) is 0 Å². The summed E-state index contributed by atoms with van der Waals surface area (Å²) in [5.74, 6) is -0.401. The first-order chi connectivity index (χ1) is 16.5. The third kappa shape index (κ3) is 4.96. The van der Waals surface area contributed by atoms with E-state index in [0.29, 0.717) is 5.69 Å². The maximum absolute atomic E-state index is 13.2. The molecule has 0 saturated carbocycles. The lowest BCUT2D eigenvalue weighted by molar-refractivity contribution is 0.101. The van der Waals surface area contributed by atoms with E-state index in [1.807, 2.05) is 78.9 Å². The van der Waals surface area contributed by atoms with Crippen LogP contribution in [0.3, 0.4) is 0 Å². The van der Waals surface area contributed by atoms with E-state index in [1.54, 1.807) is 13.1 Å². The maximum Gasteiger partial charge on any atom is 0.297 e. The molecule has 8 heteroatoms. The van der Waals surface area contributed by atoms with E-state index in [1.165, 1.54) is 11.7 Å². The third-order valence-corrected chi connectivity index (χ3v) is 6.27. The minimum Gasteiger partial charge on any atom is -0.489 e. The molecule has 7 nitrogen and oxygen atoms in total. The van der Waals surface area contributed by atoms with Gasteiger partial charge in [0.15, 0.2) is 5.69 Å². The van der Waals surface area contributed by atoms with Crippen LogP contribution in [-0.2, 0) is 7.05 Å². The number of para-hydroxylation sites is 1. The summed E-state index contributed by atoms with van der Waals surface area (Å²) in [5.41, 5.74) is 2.05. The van der Waals surface area contributed by atoms with Crippen LogP contribution in [0.25, 0.3) is 0 Å². The van der Waals surface area contributed by atoms with Crippen LogP contribution in [0, 0.1) is 3.57 Å². The lowest BCUT2D eigenvalue weighted by Gasteiger charge is -2.22. The van der Waals surface area contributed by atoms with Crippen molar-refractivity contribution in [3.8, 4) is 5.75 Å². The summed E-state index contributed by atoms with van der Waals surface area (Å²) in [4.78, 5) is 30.8. The molecule has 0 fully saturated rings. The molecular weight excluding hydrogens is 543 g/mol. The highest BCUT2D eigenvalue weighted by molar-refractivity contribution is 14.1. The van der Waals surface area contributed by atoms with E-state index in [9.17, 15) is 9.59 Å². The van der Waals surface area contributed by atoms with Crippen LogP contribution in [0.15, 0.2) is 89.7 Å². The normalized spacial score (nSPS) is 10.7. The van der Waals surface area contributed by atoms with Crippen molar-refractivity contribution in [3.63, 3.8) is 0 Å². The van der Waals surface area contributed by atoms with Crippen molar-refractivity contribution in [2.75, 3.05) is 17.7 Å². The first-order valence-corrected chi connectivity index (χ1v) is 11.6. The number of rotatable bonds is 7. The molecular formula is C26H23IN4O3. The van der Waals surface area contributed by atoms with Crippen molar-refractivity contribution in [1.82, 2.24) is 9.55 Å². The van der Waals surface area contributed by atoms with E-state index < -0.39 is 11.5 Å². The second-order valence-electron chi connectivity index (χ2n) is 7.51. The molecule has 34 heavy (non-hydrogen) atoms. The van der Waals surface area contributed by atoms with Crippen LogP contribution < -0.4 is 20.9 Å². The van der Waals surface area contributed by atoms with Crippen molar-refractivity contribution < 1.29 is 9.53 Å². The fraction of sp³-hybridized carbons (Fsp3) is 0.115.